The number of nitrogens with two attached hydrogens (primary N) is 1. The number of benzene rings is 1. The average molecular weight is 260 g/mol. The van der Waals surface area contributed by atoms with E-state index in [-0.39, 0.29) is 29.4 Å². The number of rotatable bonds is 6. The summed E-state index contributed by atoms with van der Waals surface area (Å²) in [6.45, 7) is -0.318. The molecule has 0 aromatic heterocycles. The normalized spacial score (nSPS) is 10.2. The highest BCUT2D eigenvalue weighted by Crippen LogP contribution is 2.25. The van der Waals surface area contributed by atoms with E-state index in [9.17, 15) is 14.9 Å². The molecule has 0 bridgehead atoms. The third-order valence-corrected chi connectivity index (χ3v) is 2.21. The number of hydroxylamine groups is 1. The second-order valence-corrected chi connectivity index (χ2v) is 3.48. The number of hydrogen-bond donors (Lipinski definition) is 2. The van der Waals surface area contributed by atoms with Crippen molar-refractivity contribution in [2.75, 3.05) is 6.61 Å². The number of nitro benzene ring substituents is 1. The van der Waals surface area contributed by atoms with Crippen LogP contribution in [0.5, 0.6) is 0 Å². The third kappa shape index (κ3) is 3.99. The van der Waals surface area contributed by atoms with Crippen molar-refractivity contribution < 1.29 is 14.6 Å². The molecule has 0 saturated heterocycles. The maximum atomic E-state index is 10.7. The fraction of sp³-hybridized carbons (Fsp3) is 0.222. The topological polar surface area (TPSA) is 107 Å². The number of amides is 1. The first-order chi connectivity index (χ1) is 8.02. The van der Waals surface area contributed by atoms with E-state index in [4.69, 9.17) is 17.3 Å². The van der Waals surface area contributed by atoms with Gasteiger partial charge in [-0.3, -0.25) is 19.7 Å². The largest absolute Gasteiger partial charge is 0.368 e. The van der Waals surface area contributed by atoms with Gasteiger partial charge in [0.25, 0.3) is 5.69 Å². The number of nitrogens with one attached hydrogen (secondary N) is 1. The van der Waals surface area contributed by atoms with E-state index >= 15 is 0 Å². The molecule has 0 aliphatic heterocycles. The van der Waals surface area contributed by atoms with Gasteiger partial charge in [-0.1, -0.05) is 17.7 Å². The second kappa shape index (κ2) is 6.14. The first-order valence-corrected chi connectivity index (χ1v) is 4.95. The zero-order chi connectivity index (χ0) is 12.8. The molecular weight excluding hydrogens is 250 g/mol. The molecule has 8 heteroatoms. The van der Waals surface area contributed by atoms with Crippen molar-refractivity contribution in [3.63, 3.8) is 0 Å². The summed E-state index contributed by atoms with van der Waals surface area (Å²) in [5.41, 5.74) is 7.38. The molecule has 0 spiro atoms. The Morgan fingerprint density at radius 3 is 2.88 bits per heavy atom. The van der Waals surface area contributed by atoms with Crippen molar-refractivity contribution in [3.8, 4) is 0 Å². The highest BCUT2D eigenvalue weighted by Gasteiger charge is 2.16. The minimum Gasteiger partial charge on any atom is -0.368 e. The van der Waals surface area contributed by atoms with Crippen LogP contribution in [0.4, 0.5) is 5.69 Å². The van der Waals surface area contributed by atoms with Gasteiger partial charge in [0.05, 0.1) is 22.1 Å². The molecular formula is C9H10ClN3O4. The Balaban J connectivity index is 2.69. The Bertz CT molecular complexity index is 438. The van der Waals surface area contributed by atoms with E-state index in [1.165, 1.54) is 18.2 Å². The maximum Gasteiger partial charge on any atom is 0.275 e. The van der Waals surface area contributed by atoms with Crippen molar-refractivity contribution in [1.82, 2.24) is 5.48 Å². The molecule has 0 saturated carbocycles. The zero-order valence-electron chi connectivity index (χ0n) is 8.68. The Kier molecular flexibility index (Phi) is 4.83. The Labute approximate surface area is 102 Å². The molecule has 0 atom stereocenters. The number of hydrogen-bond acceptors (Lipinski definition) is 5. The maximum absolute atomic E-state index is 10.7. The first-order valence-electron chi connectivity index (χ1n) is 4.57. The summed E-state index contributed by atoms with van der Waals surface area (Å²) >= 11 is 5.82. The number of halogens is 1. The Morgan fingerprint density at radius 1 is 1.59 bits per heavy atom. The Hall–Kier alpha value is -1.70. The van der Waals surface area contributed by atoms with Crippen LogP contribution in [0.2, 0.25) is 5.02 Å². The van der Waals surface area contributed by atoms with E-state index in [0.717, 1.165) is 0 Å². The molecule has 92 valence electrons. The van der Waals surface area contributed by atoms with E-state index in [2.05, 4.69) is 10.3 Å². The highest BCUT2D eigenvalue weighted by atomic mass is 35.5. The smallest absolute Gasteiger partial charge is 0.275 e. The van der Waals surface area contributed by atoms with E-state index < -0.39 is 10.8 Å². The minimum absolute atomic E-state index is 0.00324. The first kappa shape index (κ1) is 13.4. The lowest BCUT2D eigenvalue weighted by Crippen LogP contribution is -2.24. The molecule has 0 radical (unpaired) electrons. The summed E-state index contributed by atoms with van der Waals surface area (Å²) in [5.74, 6) is -0.647. The van der Waals surface area contributed by atoms with Gasteiger partial charge < -0.3 is 5.73 Å². The molecule has 1 aromatic rings. The average Bonchev–Trinajstić information content (AvgIpc) is 2.25. The molecule has 17 heavy (non-hydrogen) atoms. The standard InChI is InChI=1S/C9H10ClN3O4/c10-7-2-1-3-8(13(15)16)6(7)4-12-17-5-9(11)14/h1-3,12H,4-5H2,(H2,11,14). The molecule has 0 aliphatic carbocycles. The van der Waals surface area contributed by atoms with Crippen LogP contribution in [0.3, 0.4) is 0 Å². The zero-order valence-corrected chi connectivity index (χ0v) is 9.44. The molecule has 0 aliphatic rings. The van der Waals surface area contributed by atoms with Gasteiger partial charge in [0.15, 0.2) is 0 Å². The van der Waals surface area contributed by atoms with Crippen LogP contribution in [0, 0.1) is 10.1 Å². The van der Waals surface area contributed by atoms with Crippen LogP contribution >= 0.6 is 11.6 Å². The van der Waals surface area contributed by atoms with Crippen molar-refractivity contribution in [2.24, 2.45) is 5.73 Å². The number of carbonyl (C=O) groups excluding carboxylic acids is 1. The lowest BCUT2D eigenvalue weighted by molar-refractivity contribution is -0.385. The van der Waals surface area contributed by atoms with Crippen LogP contribution < -0.4 is 11.2 Å². The second-order valence-electron chi connectivity index (χ2n) is 3.07. The van der Waals surface area contributed by atoms with Crippen molar-refractivity contribution in [3.05, 3.63) is 38.9 Å². The van der Waals surface area contributed by atoms with E-state index in [0.29, 0.717) is 0 Å². The van der Waals surface area contributed by atoms with Gasteiger partial charge in [-0.05, 0) is 6.07 Å². The van der Waals surface area contributed by atoms with Gasteiger partial charge in [0, 0.05) is 6.07 Å². The lowest BCUT2D eigenvalue weighted by atomic mass is 10.2. The summed E-state index contributed by atoms with van der Waals surface area (Å²) in [7, 11) is 0. The van der Waals surface area contributed by atoms with E-state index in [1.807, 2.05) is 0 Å². The van der Waals surface area contributed by atoms with Gasteiger partial charge in [0.2, 0.25) is 5.91 Å². The highest BCUT2D eigenvalue weighted by molar-refractivity contribution is 6.31. The van der Waals surface area contributed by atoms with Crippen LogP contribution in [-0.4, -0.2) is 17.4 Å². The fourth-order valence-electron chi connectivity index (χ4n) is 1.14. The number of nitrogens with zero attached hydrogens (tertiary/aromatic N) is 1. The quantitative estimate of drug-likeness (QED) is 0.445. The fourth-order valence-corrected chi connectivity index (χ4v) is 1.38. The summed E-state index contributed by atoms with van der Waals surface area (Å²) in [5, 5.41) is 11.0. The summed E-state index contributed by atoms with van der Waals surface area (Å²) in [4.78, 5) is 25.2. The molecule has 1 aromatic carbocycles. The molecule has 1 amide bonds. The predicted molar refractivity (Wildman–Crippen MR) is 60.1 cm³/mol. The SMILES string of the molecule is NC(=O)CONCc1c(Cl)cccc1[N+](=O)[O-]. The third-order valence-electron chi connectivity index (χ3n) is 1.86. The summed E-state index contributed by atoms with van der Waals surface area (Å²) in [6, 6.07) is 4.34. The molecule has 3 N–H and O–H groups in total. The van der Waals surface area contributed by atoms with Crippen LogP contribution in [0.25, 0.3) is 0 Å². The van der Waals surface area contributed by atoms with E-state index in [1.54, 1.807) is 0 Å². The number of primary amides is 1. The van der Waals surface area contributed by atoms with Crippen molar-refractivity contribution in [1.29, 1.82) is 0 Å². The summed E-state index contributed by atoms with van der Waals surface area (Å²) in [6.07, 6.45) is 0. The van der Waals surface area contributed by atoms with Crippen LogP contribution in [0.15, 0.2) is 18.2 Å². The lowest BCUT2D eigenvalue weighted by Gasteiger charge is -2.06. The number of nitro groups is 1. The predicted octanol–water partition coefficient (Wildman–Crippen LogP) is 0.755. The minimum atomic E-state index is -0.647. The molecule has 7 nitrogen and oxygen atoms in total. The monoisotopic (exact) mass is 259 g/mol. The van der Waals surface area contributed by atoms with Crippen molar-refractivity contribution >= 4 is 23.2 Å². The van der Waals surface area contributed by atoms with Gasteiger partial charge in [-0.2, -0.15) is 5.48 Å². The van der Waals surface area contributed by atoms with Crippen molar-refractivity contribution in [2.45, 2.75) is 6.54 Å². The van der Waals surface area contributed by atoms with Gasteiger partial charge in [-0.25, -0.2) is 0 Å². The molecule has 0 fully saturated rings. The van der Waals surface area contributed by atoms with Crippen LogP contribution in [-0.2, 0) is 16.2 Å². The van der Waals surface area contributed by atoms with Gasteiger partial charge >= 0.3 is 0 Å². The van der Waals surface area contributed by atoms with Gasteiger partial charge in [-0.15, -0.1) is 0 Å². The van der Waals surface area contributed by atoms with Gasteiger partial charge in [0.1, 0.15) is 6.61 Å². The molecule has 0 heterocycles. The molecule has 1 rings (SSSR count). The van der Waals surface area contributed by atoms with Crippen LogP contribution in [0.1, 0.15) is 5.56 Å². The Morgan fingerprint density at radius 2 is 2.29 bits per heavy atom. The number of carbonyl (C=O) groups is 1. The summed E-state index contributed by atoms with van der Waals surface area (Å²) < 4.78 is 0. The molecule has 0 unspecified atom stereocenters.